The number of hydrogen-bond donors (Lipinski definition) is 4. The number of anilines is 1. The van der Waals surface area contributed by atoms with Crippen molar-refractivity contribution in [2.45, 2.75) is 57.8 Å². The molecule has 2 atom stereocenters. The van der Waals surface area contributed by atoms with Crippen LogP contribution in [0, 0.1) is 5.82 Å². The zero-order chi connectivity index (χ0) is 21.5. The number of aromatic nitrogens is 1. The quantitative estimate of drug-likeness (QED) is 0.468. The summed E-state index contributed by atoms with van der Waals surface area (Å²) >= 11 is 0. The van der Waals surface area contributed by atoms with Crippen LogP contribution in [0.25, 0.3) is 10.9 Å². The van der Waals surface area contributed by atoms with Gasteiger partial charge in [-0.1, -0.05) is 6.92 Å². The highest BCUT2D eigenvalue weighted by molar-refractivity contribution is 6.02. The van der Waals surface area contributed by atoms with E-state index >= 15 is 0 Å². The molecule has 5 N–H and O–H groups in total. The SMILES string of the molecule is CCC(CCNc1nc2ccc(F)cc2cc1C(=O)NC(C)N)NC1CCOCC1. The van der Waals surface area contributed by atoms with Crippen molar-refractivity contribution in [3.63, 3.8) is 0 Å². The lowest BCUT2D eigenvalue weighted by molar-refractivity contribution is 0.0745. The number of nitrogens with zero attached hydrogens (tertiary/aromatic N) is 1. The number of nitrogens with one attached hydrogen (secondary N) is 3. The number of carbonyl (C=O) groups is 1. The Labute approximate surface area is 177 Å². The lowest BCUT2D eigenvalue weighted by atomic mass is 10.0. The third-order valence-electron chi connectivity index (χ3n) is 5.35. The smallest absolute Gasteiger partial charge is 0.256 e. The topological polar surface area (TPSA) is 101 Å². The van der Waals surface area contributed by atoms with E-state index in [0.29, 0.717) is 40.9 Å². The standard InChI is InChI=1S/C22H32FN5O2/c1-3-17(27-18-7-10-30-11-8-18)6-9-25-21-19(22(29)26-14(2)24)13-15-12-16(23)4-5-20(15)28-21/h4-5,12-14,17-18,27H,3,6-11,24H2,1-2H3,(H,25,28)(H,26,29). The maximum atomic E-state index is 13.6. The highest BCUT2D eigenvalue weighted by Crippen LogP contribution is 2.22. The van der Waals surface area contributed by atoms with Gasteiger partial charge in [-0.05, 0) is 56.9 Å². The second kappa shape index (κ2) is 10.7. The molecule has 7 nitrogen and oxygen atoms in total. The summed E-state index contributed by atoms with van der Waals surface area (Å²) in [5, 5.41) is 10.3. The van der Waals surface area contributed by atoms with Gasteiger partial charge in [0.25, 0.3) is 5.91 Å². The highest BCUT2D eigenvalue weighted by Gasteiger charge is 2.19. The molecule has 1 aromatic heterocycles. The van der Waals surface area contributed by atoms with E-state index in [1.807, 2.05) is 0 Å². The maximum absolute atomic E-state index is 13.6. The van der Waals surface area contributed by atoms with E-state index in [-0.39, 0.29) is 11.7 Å². The first-order chi connectivity index (χ1) is 14.5. The first-order valence-corrected chi connectivity index (χ1v) is 10.7. The van der Waals surface area contributed by atoms with E-state index in [4.69, 9.17) is 10.5 Å². The number of carbonyl (C=O) groups excluding carboxylic acids is 1. The molecule has 0 aliphatic carbocycles. The van der Waals surface area contributed by atoms with E-state index < -0.39 is 6.17 Å². The van der Waals surface area contributed by atoms with Crippen LogP contribution in [0.2, 0.25) is 0 Å². The molecular weight excluding hydrogens is 385 g/mol. The number of amides is 1. The molecule has 2 heterocycles. The molecule has 2 unspecified atom stereocenters. The van der Waals surface area contributed by atoms with Gasteiger partial charge < -0.3 is 26.4 Å². The van der Waals surface area contributed by atoms with Gasteiger partial charge in [0, 0.05) is 37.2 Å². The lowest BCUT2D eigenvalue weighted by Crippen LogP contribution is -2.42. The fourth-order valence-corrected chi connectivity index (χ4v) is 3.71. The second-order valence-corrected chi connectivity index (χ2v) is 7.86. The molecule has 2 aromatic rings. The zero-order valence-corrected chi connectivity index (χ0v) is 17.7. The van der Waals surface area contributed by atoms with E-state index in [9.17, 15) is 9.18 Å². The minimum atomic E-state index is -0.498. The largest absolute Gasteiger partial charge is 0.381 e. The number of hydrogen-bond acceptors (Lipinski definition) is 6. The molecule has 3 rings (SSSR count). The number of nitrogens with two attached hydrogens (primary N) is 1. The molecule has 1 aliphatic heterocycles. The van der Waals surface area contributed by atoms with Gasteiger partial charge in [0.2, 0.25) is 0 Å². The summed E-state index contributed by atoms with van der Waals surface area (Å²) in [4.78, 5) is 17.2. The molecule has 0 radical (unpaired) electrons. The molecule has 0 spiro atoms. The van der Waals surface area contributed by atoms with Crippen LogP contribution < -0.4 is 21.7 Å². The van der Waals surface area contributed by atoms with Crippen molar-refractivity contribution in [3.05, 3.63) is 35.6 Å². The van der Waals surface area contributed by atoms with E-state index in [1.54, 1.807) is 19.1 Å². The van der Waals surface area contributed by atoms with Crippen molar-refractivity contribution >= 4 is 22.6 Å². The molecule has 8 heteroatoms. The van der Waals surface area contributed by atoms with Crippen LogP contribution in [-0.2, 0) is 4.74 Å². The molecule has 30 heavy (non-hydrogen) atoms. The number of halogens is 1. The van der Waals surface area contributed by atoms with Crippen LogP contribution >= 0.6 is 0 Å². The highest BCUT2D eigenvalue weighted by atomic mass is 19.1. The predicted molar refractivity (Wildman–Crippen MR) is 117 cm³/mol. The third kappa shape index (κ3) is 6.10. The van der Waals surface area contributed by atoms with Gasteiger partial charge >= 0.3 is 0 Å². The van der Waals surface area contributed by atoms with E-state index in [0.717, 1.165) is 38.9 Å². The first kappa shape index (κ1) is 22.4. The Bertz CT molecular complexity index is 855. The van der Waals surface area contributed by atoms with Crippen molar-refractivity contribution in [2.75, 3.05) is 25.1 Å². The molecule has 1 fully saturated rings. The van der Waals surface area contributed by atoms with E-state index in [1.165, 1.54) is 12.1 Å². The van der Waals surface area contributed by atoms with Crippen molar-refractivity contribution in [1.82, 2.24) is 15.6 Å². The van der Waals surface area contributed by atoms with Crippen LogP contribution in [0.15, 0.2) is 24.3 Å². The van der Waals surface area contributed by atoms with Gasteiger partial charge in [0.15, 0.2) is 0 Å². The minimum absolute atomic E-state index is 0.335. The van der Waals surface area contributed by atoms with Crippen LogP contribution in [0.3, 0.4) is 0 Å². The Hall–Kier alpha value is -2.29. The Kier molecular flexibility index (Phi) is 7.95. The van der Waals surface area contributed by atoms with Crippen molar-refractivity contribution in [3.8, 4) is 0 Å². The minimum Gasteiger partial charge on any atom is -0.381 e. The van der Waals surface area contributed by atoms with Crippen molar-refractivity contribution in [2.24, 2.45) is 5.73 Å². The van der Waals surface area contributed by atoms with Gasteiger partial charge in [-0.3, -0.25) is 4.79 Å². The molecule has 0 bridgehead atoms. The Balaban J connectivity index is 1.71. The lowest BCUT2D eigenvalue weighted by Gasteiger charge is -2.28. The number of pyridine rings is 1. The summed E-state index contributed by atoms with van der Waals surface area (Å²) in [5.41, 5.74) is 6.70. The van der Waals surface area contributed by atoms with Crippen LogP contribution in [0.1, 0.15) is 49.9 Å². The first-order valence-electron chi connectivity index (χ1n) is 10.7. The summed E-state index contributed by atoms with van der Waals surface area (Å²) < 4.78 is 19.1. The van der Waals surface area contributed by atoms with Gasteiger partial charge in [-0.25, -0.2) is 9.37 Å². The number of benzene rings is 1. The van der Waals surface area contributed by atoms with E-state index in [2.05, 4.69) is 27.9 Å². The van der Waals surface area contributed by atoms with Gasteiger partial charge in [0.1, 0.15) is 11.6 Å². The average Bonchev–Trinajstić information content (AvgIpc) is 2.72. The van der Waals surface area contributed by atoms with Gasteiger partial charge in [-0.15, -0.1) is 0 Å². The average molecular weight is 418 g/mol. The third-order valence-corrected chi connectivity index (χ3v) is 5.35. The van der Waals surface area contributed by atoms with Crippen LogP contribution in [0.4, 0.5) is 10.2 Å². The number of rotatable bonds is 9. The molecule has 1 aliphatic rings. The summed E-state index contributed by atoms with van der Waals surface area (Å²) in [6.07, 6.45) is 3.48. The van der Waals surface area contributed by atoms with Gasteiger partial charge in [0.05, 0.1) is 17.2 Å². The Morgan fingerprint density at radius 3 is 2.80 bits per heavy atom. The summed E-state index contributed by atoms with van der Waals surface area (Å²) in [7, 11) is 0. The maximum Gasteiger partial charge on any atom is 0.256 e. The summed E-state index contributed by atoms with van der Waals surface area (Å²) in [5.74, 6) is -0.222. The van der Waals surface area contributed by atoms with Gasteiger partial charge in [-0.2, -0.15) is 0 Å². The van der Waals surface area contributed by atoms with Crippen molar-refractivity contribution < 1.29 is 13.9 Å². The molecule has 1 amide bonds. The van der Waals surface area contributed by atoms with Crippen LogP contribution in [-0.4, -0.2) is 48.9 Å². The molecule has 1 aromatic carbocycles. The monoisotopic (exact) mass is 417 g/mol. The Morgan fingerprint density at radius 1 is 1.33 bits per heavy atom. The normalized spacial score (nSPS) is 16.9. The molecular formula is C22H32FN5O2. The fraction of sp³-hybridized carbons (Fsp3) is 0.545. The Morgan fingerprint density at radius 2 is 2.10 bits per heavy atom. The molecule has 0 saturated carbocycles. The number of ether oxygens (including phenoxy) is 1. The molecule has 1 saturated heterocycles. The van der Waals surface area contributed by atoms with Crippen molar-refractivity contribution in [1.29, 1.82) is 0 Å². The zero-order valence-electron chi connectivity index (χ0n) is 17.7. The fourth-order valence-electron chi connectivity index (χ4n) is 3.71. The predicted octanol–water partition coefficient (Wildman–Crippen LogP) is 2.76. The summed E-state index contributed by atoms with van der Waals surface area (Å²) in [6, 6.07) is 6.88. The molecule has 164 valence electrons. The van der Waals surface area contributed by atoms with Crippen LogP contribution in [0.5, 0.6) is 0 Å². The summed E-state index contributed by atoms with van der Waals surface area (Å²) in [6.45, 7) is 6.14. The second-order valence-electron chi connectivity index (χ2n) is 7.86. The number of fused-ring (bicyclic) bond motifs is 1.